The van der Waals surface area contributed by atoms with Crippen molar-refractivity contribution < 1.29 is 13.2 Å². The lowest BCUT2D eigenvalue weighted by Gasteiger charge is -2.32. The first-order valence-electron chi connectivity index (χ1n) is 10.8. The molecule has 6 heteroatoms. The Morgan fingerprint density at radius 2 is 1.67 bits per heavy atom. The lowest BCUT2D eigenvalue weighted by Crippen LogP contribution is -2.38. The summed E-state index contributed by atoms with van der Waals surface area (Å²) in [6.07, 6.45) is 5.05. The van der Waals surface area contributed by atoms with Crippen LogP contribution in [0.1, 0.15) is 41.6 Å². The number of amides is 1. The van der Waals surface area contributed by atoms with Gasteiger partial charge in [0, 0.05) is 23.2 Å². The van der Waals surface area contributed by atoms with E-state index in [1.54, 1.807) is 11.8 Å². The number of thioether (sulfide) groups is 1. The maximum atomic E-state index is 13.2. The Morgan fingerprint density at radius 1 is 0.967 bits per heavy atom. The number of nitrogens with zero attached hydrogens (tertiary/aromatic N) is 1. The Morgan fingerprint density at radius 3 is 2.37 bits per heavy atom. The molecular weight excluding hydrogens is 414 g/mol. The van der Waals surface area contributed by atoms with E-state index in [2.05, 4.69) is 30.3 Å². The Hall–Kier alpha value is -1.79. The standard InChI is InChI=1S/C24H29NO3S2/c26-24(22-8-4-5-9-23(22)29-21-14-17-30(27,28)18-21)25-15-12-20(13-16-25)11-10-19-6-2-1-3-7-19/h1-9,20-21H,10-18H2. The first-order valence-corrected chi connectivity index (χ1v) is 13.5. The lowest BCUT2D eigenvalue weighted by molar-refractivity contribution is 0.0683. The van der Waals surface area contributed by atoms with Gasteiger partial charge in [-0.1, -0.05) is 42.5 Å². The Kier molecular flexibility index (Phi) is 6.84. The van der Waals surface area contributed by atoms with E-state index in [4.69, 9.17) is 0 Å². The number of rotatable bonds is 6. The number of piperidine rings is 1. The molecule has 4 rings (SSSR count). The van der Waals surface area contributed by atoms with Crippen LogP contribution in [0.25, 0.3) is 0 Å². The molecule has 1 amide bonds. The second kappa shape index (κ2) is 9.56. The smallest absolute Gasteiger partial charge is 0.254 e. The van der Waals surface area contributed by atoms with E-state index in [1.165, 1.54) is 12.0 Å². The highest BCUT2D eigenvalue weighted by molar-refractivity contribution is 8.02. The number of carbonyl (C=O) groups is 1. The van der Waals surface area contributed by atoms with Gasteiger partial charge in [0.15, 0.2) is 9.84 Å². The van der Waals surface area contributed by atoms with Gasteiger partial charge in [-0.2, -0.15) is 0 Å². The van der Waals surface area contributed by atoms with Gasteiger partial charge in [0.25, 0.3) is 5.91 Å². The fraction of sp³-hybridized carbons (Fsp3) is 0.458. The topological polar surface area (TPSA) is 54.5 Å². The average Bonchev–Trinajstić information content (AvgIpc) is 3.11. The van der Waals surface area contributed by atoms with Gasteiger partial charge in [-0.3, -0.25) is 4.79 Å². The minimum absolute atomic E-state index is 0.0488. The SMILES string of the molecule is O=C(c1ccccc1SC1CCS(=O)(=O)C1)N1CCC(CCc2ccccc2)CC1. The van der Waals surface area contributed by atoms with Gasteiger partial charge in [0.1, 0.15) is 0 Å². The van der Waals surface area contributed by atoms with Crippen molar-refractivity contribution in [1.29, 1.82) is 0 Å². The molecule has 0 saturated carbocycles. The molecule has 0 aromatic heterocycles. The molecule has 4 nitrogen and oxygen atoms in total. The molecule has 0 radical (unpaired) electrons. The predicted molar refractivity (Wildman–Crippen MR) is 123 cm³/mol. The van der Waals surface area contributed by atoms with Gasteiger partial charge in [0.05, 0.1) is 17.1 Å². The average molecular weight is 444 g/mol. The number of sulfone groups is 1. The highest BCUT2D eigenvalue weighted by Gasteiger charge is 2.30. The van der Waals surface area contributed by atoms with Crippen LogP contribution in [0.15, 0.2) is 59.5 Å². The minimum Gasteiger partial charge on any atom is -0.339 e. The molecule has 0 aliphatic carbocycles. The summed E-state index contributed by atoms with van der Waals surface area (Å²) in [5.41, 5.74) is 2.10. The second-order valence-corrected chi connectivity index (χ2v) is 12.0. The number of benzene rings is 2. The molecular formula is C24H29NO3S2. The fourth-order valence-electron chi connectivity index (χ4n) is 4.39. The molecule has 0 N–H and O–H groups in total. The van der Waals surface area contributed by atoms with E-state index in [1.807, 2.05) is 29.2 Å². The molecule has 2 fully saturated rings. The van der Waals surface area contributed by atoms with Gasteiger partial charge in [-0.05, 0) is 55.7 Å². The van der Waals surface area contributed by atoms with Crippen LogP contribution in [0.5, 0.6) is 0 Å². The third kappa shape index (κ3) is 5.46. The molecule has 160 valence electrons. The normalized spacial score (nSPS) is 21.6. The largest absolute Gasteiger partial charge is 0.339 e. The molecule has 2 aromatic carbocycles. The molecule has 2 aromatic rings. The van der Waals surface area contributed by atoms with Crippen molar-refractivity contribution in [2.45, 2.75) is 42.2 Å². The Labute approximate surface area is 184 Å². The fourth-order valence-corrected chi connectivity index (χ4v) is 8.01. The zero-order valence-electron chi connectivity index (χ0n) is 17.2. The van der Waals surface area contributed by atoms with Gasteiger partial charge in [-0.15, -0.1) is 11.8 Å². The van der Waals surface area contributed by atoms with Crippen molar-refractivity contribution >= 4 is 27.5 Å². The van der Waals surface area contributed by atoms with E-state index < -0.39 is 9.84 Å². The van der Waals surface area contributed by atoms with Crippen LogP contribution in [0.2, 0.25) is 0 Å². The zero-order valence-corrected chi connectivity index (χ0v) is 18.8. The summed E-state index contributed by atoms with van der Waals surface area (Å²) in [7, 11) is -2.92. The monoisotopic (exact) mass is 443 g/mol. The summed E-state index contributed by atoms with van der Waals surface area (Å²) in [6, 6.07) is 18.3. The number of hydrogen-bond acceptors (Lipinski definition) is 4. The number of aryl methyl sites for hydroxylation is 1. The van der Waals surface area contributed by atoms with Crippen molar-refractivity contribution in [3.8, 4) is 0 Å². The Bertz CT molecular complexity index is 967. The van der Waals surface area contributed by atoms with E-state index in [9.17, 15) is 13.2 Å². The summed E-state index contributed by atoms with van der Waals surface area (Å²) >= 11 is 1.55. The van der Waals surface area contributed by atoms with Gasteiger partial charge < -0.3 is 4.90 Å². The van der Waals surface area contributed by atoms with E-state index in [-0.39, 0.29) is 22.7 Å². The van der Waals surface area contributed by atoms with Crippen LogP contribution in [-0.2, 0) is 16.3 Å². The van der Waals surface area contributed by atoms with Crippen molar-refractivity contribution in [3.63, 3.8) is 0 Å². The van der Waals surface area contributed by atoms with Crippen molar-refractivity contribution in [3.05, 3.63) is 65.7 Å². The van der Waals surface area contributed by atoms with Crippen LogP contribution in [0.4, 0.5) is 0 Å². The minimum atomic E-state index is -2.92. The van der Waals surface area contributed by atoms with Crippen molar-refractivity contribution in [2.75, 3.05) is 24.6 Å². The summed E-state index contributed by atoms with van der Waals surface area (Å²) in [4.78, 5) is 16.1. The number of hydrogen-bond donors (Lipinski definition) is 0. The molecule has 0 spiro atoms. The molecule has 1 atom stereocenters. The van der Waals surface area contributed by atoms with Crippen LogP contribution in [0.3, 0.4) is 0 Å². The van der Waals surface area contributed by atoms with Crippen LogP contribution >= 0.6 is 11.8 Å². The Balaban J connectivity index is 1.33. The first-order chi connectivity index (χ1) is 14.5. The highest BCUT2D eigenvalue weighted by atomic mass is 32.2. The molecule has 2 heterocycles. The quantitative estimate of drug-likeness (QED) is 0.662. The van der Waals surface area contributed by atoms with E-state index in [0.717, 1.165) is 42.8 Å². The van der Waals surface area contributed by atoms with Crippen LogP contribution in [-0.4, -0.2) is 49.1 Å². The summed E-state index contributed by atoms with van der Waals surface area (Å²) < 4.78 is 23.6. The molecule has 2 aliphatic heterocycles. The van der Waals surface area contributed by atoms with E-state index >= 15 is 0 Å². The highest BCUT2D eigenvalue weighted by Crippen LogP contribution is 2.34. The second-order valence-electron chi connectivity index (χ2n) is 8.40. The maximum absolute atomic E-state index is 13.2. The first kappa shape index (κ1) is 21.4. The number of carbonyl (C=O) groups excluding carboxylic acids is 1. The molecule has 2 saturated heterocycles. The molecule has 2 aliphatic rings. The number of likely N-dealkylation sites (tertiary alicyclic amines) is 1. The third-order valence-corrected chi connectivity index (χ3v) is 9.51. The van der Waals surface area contributed by atoms with Gasteiger partial charge in [-0.25, -0.2) is 8.42 Å². The molecule has 30 heavy (non-hydrogen) atoms. The molecule has 1 unspecified atom stereocenters. The van der Waals surface area contributed by atoms with Crippen molar-refractivity contribution in [1.82, 2.24) is 4.90 Å². The van der Waals surface area contributed by atoms with Crippen LogP contribution < -0.4 is 0 Å². The zero-order chi connectivity index (χ0) is 21.0. The van der Waals surface area contributed by atoms with Gasteiger partial charge in [0.2, 0.25) is 0 Å². The lowest BCUT2D eigenvalue weighted by atomic mass is 9.90. The third-order valence-electron chi connectivity index (χ3n) is 6.19. The van der Waals surface area contributed by atoms with Gasteiger partial charge >= 0.3 is 0 Å². The predicted octanol–water partition coefficient (Wildman–Crippen LogP) is 4.45. The summed E-state index contributed by atoms with van der Waals surface area (Å²) in [5, 5.41) is 0.0488. The molecule has 0 bridgehead atoms. The van der Waals surface area contributed by atoms with E-state index in [0.29, 0.717) is 12.3 Å². The summed E-state index contributed by atoms with van der Waals surface area (Å²) in [6.45, 7) is 1.60. The van der Waals surface area contributed by atoms with Crippen molar-refractivity contribution in [2.24, 2.45) is 5.92 Å². The maximum Gasteiger partial charge on any atom is 0.254 e. The summed E-state index contributed by atoms with van der Waals surface area (Å²) in [5.74, 6) is 1.23. The van der Waals surface area contributed by atoms with Crippen LogP contribution in [0, 0.1) is 5.92 Å².